The number of aromatic nitrogens is 1. The van der Waals surface area contributed by atoms with Crippen molar-refractivity contribution in [1.29, 1.82) is 0 Å². The number of hydrogen-bond acceptors (Lipinski definition) is 6. The van der Waals surface area contributed by atoms with Crippen LogP contribution < -0.4 is 40.0 Å². The monoisotopic (exact) mass is 667 g/mol. The molecule has 0 aliphatic carbocycles. The summed E-state index contributed by atoms with van der Waals surface area (Å²) in [6.45, 7) is 3.69. The second-order valence-corrected chi connectivity index (χ2v) is 11.6. The third-order valence-electron chi connectivity index (χ3n) is 7.43. The van der Waals surface area contributed by atoms with E-state index in [0.717, 1.165) is 0 Å². The smallest absolute Gasteiger partial charge is 0.550 e. The van der Waals surface area contributed by atoms with Crippen LogP contribution in [0, 0.1) is 11.6 Å². The van der Waals surface area contributed by atoms with Crippen molar-refractivity contribution in [2.24, 2.45) is 0 Å². The average molecular weight is 668 g/mol. The molecule has 0 fully saturated rings. The summed E-state index contributed by atoms with van der Waals surface area (Å²) in [6.07, 6.45) is -0.642. The number of carbonyl (C=O) groups excluding carboxylic acids is 3. The van der Waals surface area contributed by atoms with Gasteiger partial charge in [-0.2, -0.15) is 0 Å². The zero-order valence-corrected chi connectivity index (χ0v) is 29.4. The molecule has 1 aromatic heterocycles. The number of halogens is 2. The Labute approximate surface area is 299 Å². The minimum Gasteiger partial charge on any atom is -0.550 e. The number of nitrogens with zero attached hydrogens (tertiary/aromatic N) is 2. The van der Waals surface area contributed by atoms with Crippen LogP contribution in [0.3, 0.4) is 0 Å². The first-order valence-electron chi connectivity index (χ1n) is 14.9. The van der Waals surface area contributed by atoms with Crippen LogP contribution in [0.5, 0.6) is 0 Å². The van der Waals surface area contributed by atoms with Gasteiger partial charge in [0.05, 0.1) is 12.2 Å². The second-order valence-electron chi connectivity index (χ2n) is 11.6. The SMILES string of the molecule is CC(C)n1c(/C=C/[C@@H](O)C[C@@H](O)CC(=O)[O-])c(-c2ccc(F)cc2)c(-c2ccc(F)cc2)c1C(=O)Nc1ccc(C(=O)N(C)C)cc1.[Na+]. The molecule has 4 aromatic rings. The number of benzene rings is 3. The van der Waals surface area contributed by atoms with Crippen molar-refractivity contribution in [3.05, 3.63) is 107 Å². The molecule has 2 amide bonds. The number of hydrogen-bond donors (Lipinski definition) is 3. The molecule has 0 bridgehead atoms. The molecule has 3 N–H and O–H groups in total. The molecule has 0 aliphatic heterocycles. The predicted molar refractivity (Wildman–Crippen MR) is 173 cm³/mol. The van der Waals surface area contributed by atoms with Crippen molar-refractivity contribution in [2.75, 3.05) is 19.4 Å². The average Bonchev–Trinajstić information content (AvgIpc) is 3.36. The molecule has 0 radical (unpaired) electrons. The number of carboxylic acid groups (broad SMARTS) is 1. The van der Waals surface area contributed by atoms with Gasteiger partial charge in [-0.25, -0.2) is 8.78 Å². The van der Waals surface area contributed by atoms with E-state index in [-0.39, 0.29) is 53.6 Å². The zero-order valence-electron chi connectivity index (χ0n) is 27.4. The number of carbonyl (C=O) groups is 3. The fourth-order valence-electron chi connectivity index (χ4n) is 5.32. The molecule has 12 heteroatoms. The van der Waals surface area contributed by atoms with E-state index in [2.05, 4.69) is 5.32 Å². The van der Waals surface area contributed by atoms with Crippen LogP contribution in [0.1, 0.15) is 59.3 Å². The molecule has 246 valence electrons. The van der Waals surface area contributed by atoms with Crippen LogP contribution in [-0.4, -0.2) is 63.8 Å². The quantitative estimate of drug-likeness (QED) is 0.198. The summed E-state index contributed by atoms with van der Waals surface area (Å²) < 4.78 is 29.9. The third-order valence-corrected chi connectivity index (χ3v) is 7.43. The normalized spacial score (nSPS) is 12.4. The van der Waals surface area contributed by atoms with Crippen molar-refractivity contribution < 1.29 is 68.0 Å². The van der Waals surface area contributed by atoms with Gasteiger partial charge >= 0.3 is 29.6 Å². The first-order valence-corrected chi connectivity index (χ1v) is 14.9. The van der Waals surface area contributed by atoms with Gasteiger partial charge in [0.2, 0.25) is 0 Å². The summed E-state index contributed by atoms with van der Waals surface area (Å²) in [5.41, 5.74) is 3.37. The third kappa shape index (κ3) is 9.27. The van der Waals surface area contributed by atoms with E-state index in [1.165, 1.54) is 47.4 Å². The first-order chi connectivity index (χ1) is 22.3. The van der Waals surface area contributed by atoms with Gasteiger partial charge in [-0.15, -0.1) is 0 Å². The van der Waals surface area contributed by atoms with Crippen molar-refractivity contribution in [2.45, 2.75) is 44.9 Å². The largest absolute Gasteiger partial charge is 1.00 e. The van der Waals surface area contributed by atoms with Gasteiger partial charge in [0.25, 0.3) is 11.8 Å². The summed E-state index contributed by atoms with van der Waals surface area (Å²) in [5.74, 6) is -3.16. The van der Waals surface area contributed by atoms with E-state index < -0.39 is 42.1 Å². The van der Waals surface area contributed by atoms with E-state index in [1.807, 2.05) is 13.8 Å². The summed E-state index contributed by atoms with van der Waals surface area (Å²) >= 11 is 0. The summed E-state index contributed by atoms with van der Waals surface area (Å²) in [5, 5.41) is 34.5. The Hall–Kier alpha value is -4.13. The van der Waals surface area contributed by atoms with Crippen molar-refractivity contribution >= 4 is 29.5 Å². The van der Waals surface area contributed by atoms with Gasteiger partial charge in [-0.1, -0.05) is 30.3 Å². The van der Waals surface area contributed by atoms with Gasteiger partial charge in [0, 0.05) is 67.0 Å². The van der Waals surface area contributed by atoms with Crippen molar-refractivity contribution in [3.63, 3.8) is 0 Å². The second kappa shape index (κ2) is 16.8. The molecule has 0 saturated heterocycles. The molecule has 9 nitrogen and oxygen atoms in total. The molecule has 0 spiro atoms. The molecule has 48 heavy (non-hydrogen) atoms. The zero-order chi connectivity index (χ0) is 34.4. The number of carboxylic acids is 1. The van der Waals surface area contributed by atoms with E-state index in [9.17, 15) is 38.5 Å². The molecular weight excluding hydrogens is 631 g/mol. The van der Waals surface area contributed by atoms with Crippen LogP contribution in [0.25, 0.3) is 28.3 Å². The Kier molecular flexibility index (Phi) is 13.4. The van der Waals surface area contributed by atoms with Crippen LogP contribution in [0.2, 0.25) is 0 Å². The minimum atomic E-state index is -1.46. The van der Waals surface area contributed by atoms with Crippen LogP contribution in [-0.2, 0) is 4.79 Å². The van der Waals surface area contributed by atoms with E-state index in [0.29, 0.717) is 39.2 Å². The number of anilines is 1. The summed E-state index contributed by atoms with van der Waals surface area (Å²) in [6, 6.07) is 17.2. The molecular formula is C36H36F2N3NaO6. The number of aliphatic hydroxyl groups is 2. The fourth-order valence-corrected chi connectivity index (χ4v) is 5.32. The maximum atomic E-state index is 14.3. The molecule has 0 unspecified atom stereocenters. The maximum absolute atomic E-state index is 14.3. The fraction of sp³-hybridized carbons (Fsp3) is 0.250. The standard InChI is InChI=1S/C36H37F2N3O6.Na/c1-21(2)41-30(18-17-28(42)19-29(43)20-31(44)45)32(22-5-11-25(37)12-6-22)33(23-7-13-26(38)14-8-23)34(41)35(46)39-27-15-9-24(10-16-27)36(47)40(3)4;/h5-18,21,28-29,42-43H,19-20H2,1-4H3,(H,39,46)(H,44,45);/q;+1/p-1/b18-17+;/t28-,29-;/m1./s1. The number of amides is 2. The van der Waals surface area contributed by atoms with Crippen LogP contribution >= 0.6 is 0 Å². The number of rotatable bonds is 12. The molecule has 0 aliphatic rings. The van der Waals surface area contributed by atoms with Gasteiger partial charge < -0.3 is 34.9 Å². The van der Waals surface area contributed by atoms with E-state index in [1.54, 1.807) is 61.1 Å². The Balaban J connectivity index is 0.00000625. The maximum Gasteiger partial charge on any atom is 1.00 e. The number of aliphatic carboxylic acids is 1. The molecule has 4 rings (SSSR count). The van der Waals surface area contributed by atoms with Crippen LogP contribution in [0.4, 0.5) is 14.5 Å². The predicted octanol–water partition coefficient (Wildman–Crippen LogP) is 1.90. The van der Waals surface area contributed by atoms with Crippen LogP contribution in [0.15, 0.2) is 78.9 Å². The molecule has 0 saturated carbocycles. The Morgan fingerprint density at radius 2 is 1.40 bits per heavy atom. The Morgan fingerprint density at radius 3 is 1.88 bits per heavy atom. The minimum absolute atomic E-state index is 0. The number of aliphatic hydroxyl groups excluding tert-OH is 2. The van der Waals surface area contributed by atoms with Gasteiger partial charge in [-0.05, 0) is 79.6 Å². The number of nitrogens with one attached hydrogen (secondary N) is 1. The van der Waals surface area contributed by atoms with Gasteiger partial charge in [0.15, 0.2) is 0 Å². The molecule has 2 atom stereocenters. The summed E-state index contributed by atoms with van der Waals surface area (Å²) in [4.78, 5) is 39.0. The first kappa shape index (κ1) is 38.3. The molecule has 3 aromatic carbocycles. The van der Waals surface area contributed by atoms with Gasteiger partial charge in [-0.3, -0.25) is 9.59 Å². The summed E-state index contributed by atoms with van der Waals surface area (Å²) in [7, 11) is 3.27. The Morgan fingerprint density at radius 1 is 0.875 bits per heavy atom. The van der Waals surface area contributed by atoms with E-state index >= 15 is 0 Å². The topological polar surface area (TPSA) is 135 Å². The van der Waals surface area contributed by atoms with Crippen molar-refractivity contribution in [3.8, 4) is 22.3 Å². The Bertz CT molecular complexity index is 1770. The van der Waals surface area contributed by atoms with Gasteiger partial charge in [0.1, 0.15) is 17.3 Å². The van der Waals surface area contributed by atoms with Crippen molar-refractivity contribution in [1.82, 2.24) is 9.47 Å². The van der Waals surface area contributed by atoms with E-state index in [4.69, 9.17) is 0 Å². The molecule has 1 heterocycles.